The van der Waals surface area contributed by atoms with Gasteiger partial charge in [-0.25, -0.2) is 4.39 Å². The Morgan fingerprint density at radius 2 is 2.11 bits per heavy atom. The number of pyridine rings is 1. The first-order valence-corrected chi connectivity index (χ1v) is 5.72. The van der Waals surface area contributed by atoms with E-state index in [1.54, 1.807) is 18.5 Å². The number of aryl methyl sites for hydroxylation is 1. The van der Waals surface area contributed by atoms with Crippen molar-refractivity contribution in [3.63, 3.8) is 0 Å². The summed E-state index contributed by atoms with van der Waals surface area (Å²) in [4.78, 5) is 5.97. The zero-order chi connectivity index (χ0) is 12.7. The highest BCUT2D eigenvalue weighted by molar-refractivity contribution is 6.11. The van der Waals surface area contributed by atoms with Gasteiger partial charge in [0.05, 0.1) is 18.4 Å². The number of fused-ring (bicyclic) bond motifs is 1. The Morgan fingerprint density at radius 1 is 1.28 bits per heavy atom. The van der Waals surface area contributed by atoms with E-state index in [9.17, 15) is 4.39 Å². The summed E-state index contributed by atoms with van der Waals surface area (Å²) in [5.74, 6) is 0.0274. The first-order valence-electron chi connectivity index (χ1n) is 5.72. The fraction of sp³-hybridized carbons (Fsp3) is 0.143. The number of amidine groups is 1. The number of anilines is 1. The lowest BCUT2D eigenvalue weighted by atomic mass is 10.1. The standard InChI is InChI=1S/C14H12FN3/c1-9-4-12(7-17-6-9)18-8-10-2-3-11(15)5-13(10)14(18)16/h2-7,16H,8H2,1H3. The van der Waals surface area contributed by atoms with Crippen LogP contribution in [-0.2, 0) is 6.54 Å². The summed E-state index contributed by atoms with van der Waals surface area (Å²) in [7, 11) is 0. The molecule has 1 aromatic heterocycles. The van der Waals surface area contributed by atoms with Crippen LogP contribution in [0.25, 0.3) is 0 Å². The lowest BCUT2D eigenvalue weighted by molar-refractivity contribution is 0.627. The molecule has 0 spiro atoms. The zero-order valence-electron chi connectivity index (χ0n) is 9.94. The first-order chi connectivity index (χ1) is 8.65. The Hall–Kier alpha value is -2.23. The molecule has 1 aliphatic rings. The number of hydrogen-bond donors (Lipinski definition) is 1. The van der Waals surface area contributed by atoms with Crippen LogP contribution >= 0.6 is 0 Å². The average Bonchev–Trinajstić information content (AvgIpc) is 2.67. The molecule has 0 atom stereocenters. The molecule has 3 rings (SSSR count). The highest BCUT2D eigenvalue weighted by Crippen LogP contribution is 2.28. The molecule has 2 aromatic rings. The number of hydrogen-bond acceptors (Lipinski definition) is 2. The van der Waals surface area contributed by atoms with Crippen molar-refractivity contribution in [3.8, 4) is 0 Å². The second-order valence-electron chi connectivity index (χ2n) is 4.46. The Labute approximate surface area is 104 Å². The molecule has 1 aromatic carbocycles. The molecule has 0 radical (unpaired) electrons. The lowest BCUT2D eigenvalue weighted by Crippen LogP contribution is -2.23. The molecule has 1 N–H and O–H groups in total. The molecule has 1 aliphatic heterocycles. The van der Waals surface area contributed by atoms with E-state index in [2.05, 4.69) is 4.98 Å². The van der Waals surface area contributed by atoms with Gasteiger partial charge in [-0.3, -0.25) is 10.4 Å². The second-order valence-corrected chi connectivity index (χ2v) is 4.46. The topological polar surface area (TPSA) is 40.0 Å². The quantitative estimate of drug-likeness (QED) is 0.833. The molecule has 4 heteroatoms. The maximum absolute atomic E-state index is 13.2. The van der Waals surface area contributed by atoms with E-state index in [1.165, 1.54) is 12.1 Å². The fourth-order valence-electron chi connectivity index (χ4n) is 2.21. The van der Waals surface area contributed by atoms with Gasteiger partial charge in [0, 0.05) is 11.8 Å². The predicted molar refractivity (Wildman–Crippen MR) is 68.4 cm³/mol. The van der Waals surface area contributed by atoms with Gasteiger partial charge in [0.15, 0.2) is 0 Å². The molecule has 0 unspecified atom stereocenters. The van der Waals surface area contributed by atoms with E-state index in [1.807, 2.05) is 17.9 Å². The zero-order valence-corrected chi connectivity index (χ0v) is 9.94. The molecule has 2 heterocycles. The monoisotopic (exact) mass is 241 g/mol. The minimum Gasteiger partial charge on any atom is -0.320 e. The summed E-state index contributed by atoms with van der Waals surface area (Å²) in [5, 5.41) is 8.12. The van der Waals surface area contributed by atoms with Gasteiger partial charge < -0.3 is 4.90 Å². The van der Waals surface area contributed by atoms with E-state index >= 15 is 0 Å². The molecule has 3 nitrogen and oxygen atoms in total. The molecule has 0 saturated carbocycles. The van der Waals surface area contributed by atoms with Crippen molar-refractivity contribution in [2.45, 2.75) is 13.5 Å². The molecule has 0 amide bonds. The van der Waals surface area contributed by atoms with E-state index in [0.717, 1.165) is 16.8 Å². The summed E-state index contributed by atoms with van der Waals surface area (Å²) in [6, 6.07) is 6.57. The third-order valence-corrected chi connectivity index (χ3v) is 3.10. The van der Waals surface area contributed by atoms with E-state index in [-0.39, 0.29) is 5.82 Å². The van der Waals surface area contributed by atoms with Crippen LogP contribution in [0.1, 0.15) is 16.7 Å². The number of aromatic nitrogens is 1. The summed E-state index contributed by atoms with van der Waals surface area (Å²) in [6.45, 7) is 2.56. The van der Waals surface area contributed by atoms with Crippen molar-refractivity contribution in [2.24, 2.45) is 0 Å². The van der Waals surface area contributed by atoms with Gasteiger partial charge >= 0.3 is 0 Å². The van der Waals surface area contributed by atoms with Gasteiger partial charge in [-0.05, 0) is 36.2 Å². The summed E-state index contributed by atoms with van der Waals surface area (Å²) in [6.07, 6.45) is 3.50. The Bertz CT molecular complexity index is 637. The SMILES string of the molecule is Cc1cncc(N2Cc3ccc(F)cc3C2=N)c1. The largest absolute Gasteiger partial charge is 0.320 e. The molecule has 0 aliphatic carbocycles. The number of rotatable bonds is 1. The second kappa shape index (κ2) is 3.91. The van der Waals surface area contributed by atoms with Crippen LogP contribution in [0.5, 0.6) is 0 Å². The van der Waals surface area contributed by atoms with Gasteiger partial charge in [0.2, 0.25) is 0 Å². The number of halogens is 1. The third kappa shape index (κ3) is 1.66. The first kappa shape index (κ1) is 10.9. The van der Waals surface area contributed by atoms with Crippen LogP contribution in [0.2, 0.25) is 0 Å². The maximum atomic E-state index is 13.2. The molecule has 0 fully saturated rings. The summed E-state index contributed by atoms with van der Waals surface area (Å²) >= 11 is 0. The smallest absolute Gasteiger partial charge is 0.133 e. The molecule has 0 saturated heterocycles. The highest BCUT2D eigenvalue weighted by atomic mass is 19.1. The van der Waals surface area contributed by atoms with Crippen LogP contribution in [0, 0.1) is 18.2 Å². The maximum Gasteiger partial charge on any atom is 0.133 e. The average molecular weight is 241 g/mol. The normalized spacial score (nSPS) is 13.9. The Morgan fingerprint density at radius 3 is 2.89 bits per heavy atom. The van der Waals surface area contributed by atoms with Crippen molar-refractivity contribution in [2.75, 3.05) is 4.90 Å². The molecular formula is C14H12FN3. The number of benzene rings is 1. The molecule has 90 valence electrons. The minimum atomic E-state index is -0.303. The van der Waals surface area contributed by atoms with Gasteiger partial charge in [0.25, 0.3) is 0 Å². The van der Waals surface area contributed by atoms with Gasteiger partial charge in [0.1, 0.15) is 11.7 Å². The minimum absolute atomic E-state index is 0.303. The van der Waals surface area contributed by atoms with Gasteiger partial charge in [-0.1, -0.05) is 6.07 Å². The number of nitrogens with zero attached hydrogens (tertiary/aromatic N) is 2. The highest BCUT2D eigenvalue weighted by Gasteiger charge is 2.25. The van der Waals surface area contributed by atoms with Crippen molar-refractivity contribution >= 4 is 11.5 Å². The van der Waals surface area contributed by atoms with Crippen LogP contribution in [-0.4, -0.2) is 10.8 Å². The van der Waals surface area contributed by atoms with Crippen LogP contribution < -0.4 is 4.90 Å². The Kier molecular flexibility index (Phi) is 2.37. The third-order valence-electron chi connectivity index (χ3n) is 3.10. The summed E-state index contributed by atoms with van der Waals surface area (Å²) in [5.41, 5.74) is 3.55. The van der Waals surface area contributed by atoms with Gasteiger partial charge in [-0.15, -0.1) is 0 Å². The summed E-state index contributed by atoms with van der Waals surface area (Å²) < 4.78 is 13.2. The van der Waals surface area contributed by atoms with Crippen molar-refractivity contribution < 1.29 is 4.39 Å². The van der Waals surface area contributed by atoms with Gasteiger partial charge in [-0.2, -0.15) is 0 Å². The Balaban J connectivity index is 2.02. The predicted octanol–water partition coefficient (Wildman–Crippen LogP) is 2.87. The lowest BCUT2D eigenvalue weighted by Gasteiger charge is -2.17. The number of nitrogens with one attached hydrogen (secondary N) is 1. The van der Waals surface area contributed by atoms with Crippen LogP contribution in [0.3, 0.4) is 0 Å². The van der Waals surface area contributed by atoms with Crippen LogP contribution in [0.15, 0.2) is 36.7 Å². The van der Waals surface area contributed by atoms with E-state index in [4.69, 9.17) is 5.41 Å². The van der Waals surface area contributed by atoms with Crippen molar-refractivity contribution in [1.29, 1.82) is 5.41 Å². The van der Waals surface area contributed by atoms with Crippen LogP contribution in [0.4, 0.5) is 10.1 Å². The van der Waals surface area contributed by atoms with Crippen molar-refractivity contribution in [3.05, 3.63) is 59.2 Å². The fourth-order valence-corrected chi connectivity index (χ4v) is 2.21. The van der Waals surface area contributed by atoms with Crippen molar-refractivity contribution in [1.82, 2.24) is 4.98 Å². The molecule has 18 heavy (non-hydrogen) atoms. The molecular weight excluding hydrogens is 229 g/mol. The molecule has 0 bridgehead atoms. The van der Waals surface area contributed by atoms with E-state index < -0.39 is 0 Å². The van der Waals surface area contributed by atoms with E-state index in [0.29, 0.717) is 17.9 Å².